The Labute approximate surface area is 116 Å². The van der Waals surface area contributed by atoms with Gasteiger partial charge in [-0.15, -0.1) is 0 Å². The molecule has 1 aromatic carbocycles. The summed E-state index contributed by atoms with van der Waals surface area (Å²) in [5, 5.41) is 3.69. The number of aryl methyl sites for hydroxylation is 1. The van der Waals surface area contributed by atoms with E-state index in [-0.39, 0.29) is 0 Å². The van der Waals surface area contributed by atoms with Gasteiger partial charge in [-0.2, -0.15) is 0 Å². The average molecular weight is 262 g/mol. The van der Waals surface area contributed by atoms with E-state index in [0.29, 0.717) is 6.04 Å². The molecule has 3 nitrogen and oxygen atoms in total. The topological polar surface area (TPSA) is 24.5 Å². The molecule has 0 saturated heterocycles. The molecule has 1 aromatic rings. The van der Waals surface area contributed by atoms with Crippen LogP contribution in [0.15, 0.2) is 18.2 Å². The third kappa shape index (κ3) is 3.71. The summed E-state index contributed by atoms with van der Waals surface area (Å²) in [6, 6.07) is 6.90. The van der Waals surface area contributed by atoms with Gasteiger partial charge in [-0.25, -0.2) is 0 Å². The Bertz CT molecular complexity index is 406. The average Bonchev–Trinajstić information content (AvgIpc) is 2.62. The van der Waals surface area contributed by atoms with Crippen molar-refractivity contribution in [3.05, 3.63) is 29.3 Å². The molecule has 0 fully saturated rings. The molecule has 3 heteroatoms. The first-order valence-corrected chi connectivity index (χ1v) is 7.36. The first-order valence-electron chi connectivity index (χ1n) is 7.36. The molecule has 1 unspecified atom stereocenters. The van der Waals surface area contributed by atoms with Crippen molar-refractivity contribution >= 4 is 0 Å². The highest BCUT2D eigenvalue weighted by atomic mass is 16.5. The van der Waals surface area contributed by atoms with Crippen LogP contribution in [0.4, 0.5) is 0 Å². The molecule has 0 aromatic heterocycles. The second kappa shape index (κ2) is 6.92. The van der Waals surface area contributed by atoms with E-state index in [9.17, 15) is 0 Å². The normalized spacial score (nSPS) is 18.8. The van der Waals surface area contributed by atoms with Gasteiger partial charge in [-0.05, 0) is 38.9 Å². The summed E-state index contributed by atoms with van der Waals surface area (Å²) in [5.74, 6) is 1.10. The van der Waals surface area contributed by atoms with Crippen LogP contribution >= 0.6 is 0 Å². The number of hydrogen-bond acceptors (Lipinski definition) is 3. The Morgan fingerprint density at radius 1 is 1.42 bits per heavy atom. The molecule has 0 bridgehead atoms. The SMILES string of the molecule is CCN(C)CCNC1CCCOc2c(C)cccc21. The van der Waals surface area contributed by atoms with Gasteiger partial charge in [0.15, 0.2) is 0 Å². The first kappa shape index (κ1) is 14.4. The fourth-order valence-electron chi connectivity index (χ4n) is 2.56. The number of hydrogen-bond donors (Lipinski definition) is 1. The molecule has 1 N–H and O–H groups in total. The molecule has 0 amide bonds. The van der Waals surface area contributed by atoms with Crippen molar-refractivity contribution in [2.24, 2.45) is 0 Å². The molecule has 106 valence electrons. The van der Waals surface area contributed by atoms with Crippen molar-refractivity contribution in [1.82, 2.24) is 10.2 Å². The zero-order valence-corrected chi connectivity index (χ0v) is 12.4. The van der Waals surface area contributed by atoms with Crippen LogP contribution in [0.3, 0.4) is 0 Å². The smallest absolute Gasteiger partial charge is 0.126 e. The van der Waals surface area contributed by atoms with Gasteiger partial charge in [0.1, 0.15) is 5.75 Å². The monoisotopic (exact) mass is 262 g/mol. The van der Waals surface area contributed by atoms with Crippen molar-refractivity contribution in [2.75, 3.05) is 33.3 Å². The molecular formula is C16H26N2O. The number of benzene rings is 1. The summed E-state index contributed by atoms with van der Waals surface area (Å²) in [5.41, 5.74) is 2.58. The van der Waals surface area contributed by atoms with Crippen LogP contribution in [-0.4, -0.2) is 38.2 Å². The maximum atomic E-state index is 5.91. The van der Waals surface area contributed by atoms with Crippen LogP contribution in [0.5, 0.6) is 5.75 Å². The molecule has 0 spiro atoms. The van der Waals surface area contributed by atoms with Gasteiger partial charge >= 0.3 is 0 Å². The van der Waals surface area contributed by atoms with Gasteiger partial charge in [-0.3, -0.25) is 0 Å². The minimum Gasteiger partial charge on any atom is -0.493 e. The molecule has 2 rings (SSSR count). The first-order chi connectivity index (χ1) is 9.22. The molecular weight excluding hydrogens is 236 g/mol. The third-order valence-corrected chi connectivity index (χ3v) is 3.93. The largest absolute Gasteiger partial charge is 0.493 e. The maximum absolute atomic E-state index is 5.91. The van der Waals surface area contributed by atoms with Crippen molar-refractivity contribution in [3.8, 4) is 5.75 Å². The van der Waals surface area contributed by atoms with E-state index in [1.54, 1.807) is 0 Å². The highest BCUT2D eigenvalue weighted by molar-refractivity contribution is 5.43. The lowest BCUT2D eigenvalue weighted by Crippen LogP contribution is -2.31. The van der Waals surface area contributed by atoms with Crippen molar-refractivity contribution in [2.45, 2.75) is 32.7 Å². The fourth-order valence-corrected chi connectivity index (χ4v) is 2.56. The van der Waals surface area contributed by atoms with Crippen molar-refractivity contribution < 1.29 is 4.74 Å². The molecule has 19 heavy (non-hydrogen) atoms. The maximum Gasteiger partial charge on any atom is 0.126 e. The summed E-state index contributed by atoms with van der Waals surface area (Å²) < 4.78 is 5.91. The van der Waals surface area contributed by atoms with Crippen LogP contribution in [0.1, 0.15) is 36.9 Å². The zero-order chi connectivity index (χ0) is 13.7. The minimum absolute atomic E-state index is 0.433. The van der Waals surface area contributed by atoms with Gasteiger partial charge in [0.25, 0.3) is 0 Å². The summed E-state index contributed by atoms with van der Waals surface area (Å²) >= 11 is 0. The number of likely N-dealkylation sites (N-methyl/N-ethyl adjacent to an activating group) is 1. The lowest BCUT2D eigenvalue weighted by molar-refractivity contribution is 0.311. The predicted molar refractivity (Wildman–Crippen MR) is 79.8 cm³/mol. The van der Waals surface area contributed by atoms with Gasteiger partial charge in [0.05, 0.1) is 6.61 Å². The summed E-state index contributed by atoms with van der Waals surface area (Å²) in [6.07, 6.45) is 2.28. The van der Waals surface area contributed by atoms with E-state index >= 15 is 0 Å². The number of rotatable bonds is 5. The molecule has 1 aliphatic rings. The Morgan fingerprint density at radius 3 is 3.05 bits per heavy atom. The van der Waals surface area contributed by atoms with E-state index in [2.05, 4.69) is 49.3 Å². The molecule has 1 heterocycles. The predicted octanol–water partition coefficient (Wildman–Crippen LogP) is 2.75. The van der Waals surface area contributed by atoms with Gasteiger partial charge in [0.2, 0.25) is 0 Å². The van der Waals surface area contributed by atoms with Crippen LogP contribution in [0, 0.1) is 6.92 Å². The summed E-state index contributed by atoms with van der Waals surface area (Å²) in [7, 11) is 2.16. The second-order valence-corrected chi connectivity index (χ2v) is 5.39. The molecule has 1 atom stereocenters. The van der Waals surface area contributed by atoms with Crippen LogP contribution in [-0.2, 0) is 0 Å². The molecule has 0 aliphatic carbocycles. The Morgan fingerprint density at radius 2 is 2.26 bits per heavy atom. The molecule has 1 aliphatic heterocycles. The third-order valence-electron chi connectivity index (χ3n) is 3.93. The Balaban J connectivity index is 2.03. The summed E-state index contributed by atoms with van der Waals surface area (Å²) in [4.78, 5) is 2.33. The standard InChI is InChI=1S/C16H26N2O/c1-4-18(3)11-10-17-15-9-6-12-19-16-13(2)7-5-8-14(15)16/h5,7-8,15,17H,4,6,9-12H2,1-3H3. The second-order valence-electron chi connectivity index (χ2n) is 5.39. The fraction of sp³-hybridized carbons (Fsp3) is 0.625. The highest BCUT2D eigenvalue weighted by Crippen LogP contribution is 2.33. The number of nitrogens with zero attached hydrogens (tertiary/aromatic N) is 1. The van der Waals surface area contributed by atoms with E-state index in [1.165, 1.54) is 11.1 Å². The number of fused-ring (bicyclic) bond motifs is 1. The number of ether oxygens (including phenoxy) is 1. The van der Waals surface area contributed by atoms with E-state index in [1.807, 2.05) is 0 Å². The molecule has 0 saturated carbocycles. The Kier molecular flexibility index (Phi) is 5.23. The lowest BCUT2D eigenvalue weighted by atomic mass is 10.00. The van der Waals surface area contributed by atoms with Crippen LogP contribution < -0.4 is 10.1 Å². The minimum atomic E-state index is 0.433. The highest BCUT2D eigenvalue weighted by Gasteiger charge is 2.20. The van der Waals surface area contributed by atoms with E-state index < -0.39 is 0 Å². The van der Waals surface area contributed by atoms with Crippen LogP contribution in [0.25, 0.3) is 0 Å². The molecule has 0 radical (unpaired) electrons. The quantitative estimate of drug-likeness (QED) is 0.883. The van der Waals surface area contributed by atoms with Gasteiger partial charge in [0, 0.05) is 24.7 Å². The van der Waals surface area contributed by atoms with Crippen molar-refractivity contribution in [1.29, 1.82) is 0 Å². The van der Waals surface area contributed by atoms with E-state index in [0.717, 1.165) is 44.8 Å². The zero-order valence-electron chi connectivity index (χ0n) is 12.4. The van der Waals surface area contributed by atoms with E-state index in [4.69, 9.17) is 4.74 Å². The number of para-hydroxylation sites is 1. The van der Waals surface area contributed by atoms with Gasteiger partial charge < -0.3 is 15.0 Å². The Hall–Kier alpha value is -1.06. The van der Waals surface area contributed by atoms with Crippen molar-refractivity contribution in [3.63, 3.8) is 0 Å². The number of nitrogens with one attached hydrogen (secondary N) is 1. The summed E-state index contributed by atoms with van der Waals surface area (Å²) in [6.45, 7) is 8.39. The van der Waals surface area contributed by atoms with Crippen LogP contribution in [0.2, 0.25) is 0 Å². The lowest BCUT2D eigenvalue weighted by Gasteiger charge is -2.21. The van der Waals surface area contributed by atoms with Gasteiger partial charge in [-0.1, -0.05) is 25.1 Å².